The van der Waals surface area contributed by atoms with Crippen molar-refractivity contribution in [2.75, 3.05) is 0 Å². The number of benzene rings is 1. The van der Waals surface area contributed by atoms with Gasteiger partial charge in [0.25, 0.3) is 0 Å². The quantitative estimate of drug-likeness (QED) is 0.661. The van der Waals surface area contributed by atoms with Gasteiger partial charge in [0, 0.05) is 5.70 Å². The molecule has 58 valence electrons. The van der Waals surface area contributed by atoms with E-state index in [4.69, 9.17) is 11.5 Å². The highest BCUT2D eigenvalue weighted by Crippen LogP contribution is 2.12. The maximum absolute atomic E-state index is 5.71. The minimum Gasteiger partial charge on any atom is -0.401 e. The van der Waals surface area contributed by atoms with Gasteiger partial charge in [0.15, 0.2) is 0 Å². The van der Waals surface area contributed by atoms with Crippen LogP contribution in [-0.4, -0.2) is 0 Å². The van der Waals surface area contributed by atoms with E-state index >= 15 is 0 Å². The molecule has 0 saturated heterocycles. The molecule has 0 aliphatic rings. The normalized spacial score (nSPS) is 12.5. The van der Waals surface area contributed by atoms with Gasteiger partial charge in [0.2, 0.25) is 0 Å². The lowest BCUT2D eigenvalue weighted by molar-refractivity contribution is 0.837. The summed E-state index contributed by atoms with van der Waals surface area (Å²) in [5.41, 5.74) is 12.7. The van der Waals surface area contributed by atoms with Crippen LogP contribution in [0.4, 0.5) is 0 Å². The van der Waals surface area contributed by atoms with Crippen molar-refractivity contribution in [2.24, 2.45) is 11.5 Å². The van der Waals surface area contributed by atoms with Crippen LogP contribution in [0.15, 0.2) is 42.6 Å². The van der Waals surface area contributed by atoms with Gasteiger partial charge in [-0.15, -0.1) is 0 Å². The molecule has 0 fully saturated rings. The van der Waals surface area contributed by atoms with Gasteiger partial charge in [-0.05, 0) is 5.56 Å². The van der Waals surface area contributed by atoms with Gasteiger partial charge in [-0.2, -0.15) is 0 Å². The van der Waals surface area contributed by atoms with E-state index < -0.39 is 0 Å². The van der Waals surface area contributed by atoms with E-state index in [2.05, 4.69) is 6.58 Å². The second kappa shape index (κ2) is 3.21. The van der Waals surface area contributed by atoms with Gasteiger partial charge in [-0.25, -0.2) is 0 Å². The molecule has 0 heterocycles. The topological polar surface area (TPSA) is 52.0 Å². The molecule has 0 bridgehead atoms. The fraction of sp³-hybridized carbons (Fsp3) is 0.111. The van der Waals surface area contributed by atoms with Crippen molar-refractivity contribution in [3.05, 3.63) is 48.2 Å². The van der Waals surface area contributed by atoms with Crippen molar-refractivity contribution >= 4 is 0 Å². The molecule has 0 amide bonds. The van der Waals surface area contributed by atoms with Crippen LogP contribution in [0, 0.1) is 0 Å². The smallest absolute Gasteiger partial charge is 0.0692 e. The van der Waals surface area contributed by atoms with Crippen LogP contribution in [0.5, 0.6) is 0 Å². The number of nitrogens with two attached hydrogens (primary N) is 2. The van der Waals surface area contributed by atoms with Gasteiger partial charge in [-0.1, -0.05) is 36.9 Å². The molecule has 0 aromatic heterocycles. The highest BCUT2D eigenvalue weighted by atomic mass is 14.7. The Kier molecular flexibility index (Phi) is 2.28. The summed E-state index contributed by atoms with van der Waals surface area (Å²) < 4.78 is 0. The Morgan fingerprint density at radius 3 is 2.27 bits per heavy atom. The van der Waals surface area contributed by atoms with Crippen LogP contribution in [0.2, 0.25) is 0 Å². The van der Waals surface area contributed by atoms with Gasteiger partial charge < -0.3 is 11.5 Å². The Morgan fingerprint density at radius 1 is 1.27 bits per heavy atom. The summed E-state index contributed by atoms with van der Waals surface area (Å²) in [5, 5.41) is 0. The number of hydrogen-bond acceptors (Lipinski definition) is 2. The van der Waals surface area contributed by atoms with E-state index in [-0.39, 0.29) is 6.04 Å². The minimum atomic E-state index is -0.240. The van der Waals surface area contributed by atoms with Gasteiger partial charge in [0.1, 0.15) is 0 Å². The third kappa shape index (κ3) is 1.82. The van der Waals surface area contributed by atoms with Crippen molar-refractivity contribution in [1.82, 2.24) is 0 Å². The maximum Gasteiger partial charge on any atom is 0.0692 e. The van der Waals surface area contributed by atoms with E-state index in [0.717, 1.165) is 5.56 Å². The molecule has 0 aliphatic carbocycles. The molecule has 1 aromatic carbocycles. The third-order valence-electron chi connectivity index (χ3n) is 1.56. The zero-order chi connectivity index (χ0) is 8.27. The number of rotatable bonds is 2. The first kappa shape index (κ1) is 7.82. The summed E-state index contributed by atoms with van der Waals surface area (Å²) in [6, 6.07) is 9.42. The second-order valence-corrected chi connectivity index (χ2v) is 2.46. The molecule has 1 rings (SSSR count). The highest BCUT2D eigenvalue weighted by molar-refractivity contribution is 5.24. The average molecular weight is 148 g/mol. The fourth-order valence-electron chi connectivity index (χ4n) is 0.874. The lowest BCUT2D eigenvalue weighted by Crippen LogP contribution is -2.17. The molecule has 1 unspecified atom stereocenters. The van der Waals surface area contributed by atoms with Crippen molar-refractivity contribution in [3.8, 4) is 0 Å². The Bertz CT molecular complexity index is 241. The van der Waals surface area contributed by atoms with Crippen LogP contribution in [-0.2, 0) is 0 Å². The summed E-state index contributed by atoms with van der Waals surface area (Å²) in [4.78, 5) is 0. The van der Waals surface area contributed by atoms with E-state index in [9.17, 15) is 0 Å². The summed E-state index contributed by atoms with van der Waals surface area (Å²) in [5.74, 6) is 0. The second-order valence-electron chi connectivity index (χ2n) is 2.46. The van der Waals surface area contributed by atoms with Crippen LogP contribution in [0.3, 0.4) is 0 Å². The van der Waals surface area contributed by atoms with Crippen LogP contribution < -0.4 is 11.5 Å². The average Bonchev–Trinajstić information content (AvgIpc) is 2.05. The predicted octanol–water partition coefficient (Wildman–Crippen LogP) is 1.16. The van der Waals surface area contributed by atoms with Crippen LogP contribution >= 0.6 is 0 Å². The molecule has 0 spiro atoms. The van der Waals surface area contributed by atoms with E-state index in [1.54, 1.807) is 0 Å². The monoisotopic (exact) mass is 148 g/mol. The Hall–Kier alpha value is -1.28. The Labute approximate surface area is 66.5 Å². The predicted molar refractivity (Wildman–Crippen MR) is 46.7 cm³/mol. The molecule has 1 aromatic rings. The van der Waals surface area contributed by atoms with Crippen molar-refractivity contribution in [2.45, 2.75) is 6.04 Å². The summed E-state index contributed by atoms with van der Waals surface area (Å²) in [6.45, 7) is 3.58. The van der Waals surface area contributed by atoms with E-state index in [1.807, 2.05) is 30.3 Å². The summed E-state index contributed by atoms with van der Waals surface area (Å²) in [7, 11) is 0. The Balaban J connectivity index is 2.85. The fourth-order valence-corrected chi connectivity index (χ4v) is 0.874. The SMILES string of the molecule is C=C(N)C(N)c1ccccc1. The molecule has 11 heavy (non-hydrogen) atoms. The molecule has 4 N–H and O–H groups in total. The van der Waals surface area contributed by atoms with Crippen LogP contribution in [0.25, 0.3) is 0 Å². The first-order valence-electron chi connectivity index (χ1n) is 3.46. The molecular formula is C9H12N2. The largest absolute Gasteiger partial charge is 0.401 e. The first-order chi connectivity index (χ1) is 5.22. The molecular weight excluding hydrogens is 136 g/mol. The molecule has 0 aliphatic heterocycles. The van der Waals surface area contributed by atoms with Crippen LogP contribution in [0.1, 0.15) is 11.6 Å². The zero-order valence-corrected chi connectivity index (χ0v) is 6.33. The van der Waals surface area contributed by atoms with E-state index in [1.165, 1.54) is 0 Å². The number of hydrogen-bond donors (Lipinski definition) is 2. The van der Waals surface area contributed by atoms with Crippen molar-refractivity contribution in [3.63, 3.8) is 0 Å². The van der Waals surface area contributed by atoms with Gasteiger partial charge >= 0.3 is 0 Å². The molecule has 0 saturated carbocycles. The third-order valence-corrected chi connectivity index (χ3v) is 1.56. The first-order valence-corrected chi connectivity index (χ1v) is 3.46. The highest BCUT2D eigenvalue weighted by Gasteiger charge is 2.04. The Morgan fingerprint density at radius 2 is 1.82 bits per heavy atom. The summed E-state index contributed by atoms with van der Waals surface area (Å²) in [6.07, 6.45) is 0. The standard InChI is InChI=1S/C9H12N2/c1-7(10)9(11)8-5-3-2-4-6-8/h2-6,9H,1,10-11H2. The molecule has 0 radical (unpaired) electrons. The van der Waals surface area contributed by atoms with Gasteiger partial charge in [-0.3, -0.25) is 0 Å². The summed E-state index contributed by atoms with van der Waals surface area (Å²) >= 11 is 0. The lowest BCUT2D eigenvalue weighted by Gasteiger charge is -2.10. The molecule has 2 nitrogen and oxygen atoms in total. The minimum absolute atomic E-state index is 0.240. The molecule has 2 heteroatoms. The lowest BCUT2D eigenvalue weighted by atomic mass is 10.1. The molecule has 1 atom stereocenters. The van der Waals surface area contributed by atoms with Gasteiger partial charge in [0.05, 0.1) is 6.04 Å². The zero-order valence-electron chi connectivity index (χ0n) is 6.33. The maximum atomic E-state index is 5.71. The van der Waals surface area contributed by atoms with Crippen molar-refractivity contribution < 1.29 is 0 Å². The van der Waals surface area contributed by atoms with Crippen molar-refractivity contribution in [1.29, 1.82) is 0 Å². The van der Waals surface area contributed by atoms with E-state index in [0.29, 0.717) is 5.70 Å².